The van der Waals surface area contributed by atoms with Gasteiger partial charge >= 0.3 is 6.36 Å². The van der Waals surface area contributed by atoms with Crippen LogP contribution in [0.15, 0.2) is 42.5 Å². The van der Waals surface area contributed by atoms with Crippen LogP contribution in [0.3, 0.4) is 0 Å². The Hall–Kier alpha value is -1.88. The second-order valence-corrected chi connectivity index (χ2v) is 7.11. The predicted molar refractivity (Wildman–Crippen MR) is 91.0 cm³/mol. The normalized spacial score (nSPS) is 25.0. The summed E-state index contributed by atoms with van der Waals surface area (Å²) in [6.45, 7) is 0. The lowest BCUT2D eigenvalue weighted by Crippen LogP contribution is -2.29. The third-order valence-electron chi connectivity index (χ3n) is 5.19. The Labute approximate surface area is 148 Å². The van der Waals surface area contributed by atoms with Crippen LogP contribution in [-0.4, -0.2) is 6.36 Å². The summed E-state index contributed by atoms with van der Waals surface area (Å²) in [5.41, 5.74) is 2.97. The van der Waals surface area contributed by atoms with E-state index >= 15 is 0 Å². The zero-order valence-corrected chi connectivity index (χ0v) is 14.1. The Morgan fingerprint density at radius 1 is 1.04 bits per heavy atom. The highest BCUT2D eigenvalue weighted by Gasteiger charge is 2.41. The molecule has 25 heavy (non-hydrogen) atoms. The van der Waals surface area contributed by atoms with E-state index in [4.69, 9.17) is 11.6 Å². The molecule has 1 aliphatic carbocycles. The molecule has 2 aliphatic rings. The molecule has 0 saturated heterocycles. The van der Waals surface area contributed by atoms with Crippen LogP contribution < -0.4 is 10.1 Å². The van der Waals surface area contributed by atoms with E-state index < -0.39 is 6.36 Å². The second-order valence-electron chi connectivity index (χ2n) is 6.67. The number of hydrogen-bond acceptors (Lipinski definition) is 2. The number of rotatable bonds is 2. The fourth-order valence-corrected chi connectivity index (χ4v) is 4.35. The predicted octanol–water partition coefficient (Wildman–Crippen LogP) is 6.29. The molecule has 6 heteroatoms. The molecule has 3 atom stereocenters. The van der Waals surface area contributed by atoms with Crippen LogP contribution in [-0.2, 0) is 0 Å². The largest absolute Gasteiger partial charge is 0.573 e. The minimum Gasteiger partial charge on any atom is -0.406 e. The van der Waals surface area contributed by atoms with Gasteiger partial charge in [0.25, 0.3) is 0 Å². The number of anilines is 1. The van der Waals surface area contributed by atoms with Crippen molar-refractivity contribution in [3.63, 3.8) is 0 Å². The van der Waals surface area contributed by atoms with E-state index in [0.717, 1.165) is 36.1 Å². The molecule has 4 rings (SSSR count). The average molecular weight is 368 g/mol. The van der Waals surface area contributed by atoms with Gasteiger partial charge in [0.1, 0.15) is 5.75 Å². The van der Waals surface area contributed by atoms with Gasteiger partial charge in [0, 0.05) is 10.7 Å². The molecule has 2 aromatic rings. The lowest BCUT2D eigenvalue weighted by atomic mass is 9.77. The third kappa shape index (κ3) is 3.30. The van der Waals surface area contributed by atoms with Gasteiger partial charge in [-0.2, -0.15) is 0 Å². The summed E-state index contributed by atoms with van der Waals surface area (Å²) in [5.74, 6) is 0.451. The number of alkyl halides is 3. The molecule has 1 heterocycles. The standard InChI is InChI=1S/C19H17ClF3NO/c20-12-6-4-11(5-7-12)18-15-3-1-2-14(15)16-10-13(25-19(21,22)23)8-9-17(16)24-18/h4-10,14-15,18,24H,1-3H2. The van der Waals surface area contributed by atoms with Crippen molar-refractivity contribution in [2.45, 2.75) is 37.6 Å². The number of fused-ring (bicyclic) bond motifs is 3. The zero-order valence-electron chi connectivity index (χ0n) is 13.3. The summed E-state index contributed by atoms with van der Waals surface area (Å²) in [6, 6.07) is 12.5. The third-order valence-corrected chi connectivity index (χ3v) is 5.45. The SMILES string of the molecule is FC(F)(F)Oc1ccc2c(c1)C1CCCC1C(c1ccc(Cl)cc1)N2. The van der Waals surface area contributed by atoms with Crippen molar-refractivity contribution < 1.29 is 17.9 Å². The minimum absolute atomic E-state index is 0.145. The van der Waals surface area contributed by atoms with E-state index in [0.29, 0.717) is 10.9 Å². The number of halogens is 4. The molecule has 0 bridgehead atoms. The van der Waals surface area contributed by atoms with Crippen LogP contribution >= 0.6 is 11.6 Å². The summed E-state index contributed by atoms with van der Waals surface area (Å²) in [6.07, 6.45) is -1.56. The van der Waals surface area contributed by atoms with Gasteiger partial charge in [0.15, 0.2) is 0 Å². The molecule has 3 unspecified atom stereocenters. The van der Waals surface area contributed by atoms with Gasteiger partial charge < -0.3 is 10.1 Å². The van der Waals surface area contributed by atoms with Crippen LogP contribution in [0.25, 0.3) is 0 Å². The fraction of sp³-hybridized carbons (Fsp3) is 0.368. The Kier molecular flexibility index (Phi) is 4.07. The van der Waals surface area contributed by atoms with Crippen molar-refractivity contribution in [1.29, 1.82) is 0 Å². The van der Waals surface area contributed by atoms with Crippen molar-refractivity contribution in [1.82, 2.24) is 0 Å². The first-order valence-corrected chi connectivity index (χ1v) is 8.70. The maximum atomic E-state index is 12.5. The highest BCUT2D eigenvalue weighted by Crippen LogP contribution is 2.53. The van der Waals surface area contributed by atoms with Crippen molar-refractivity contribution in [2.24, 2.45) is 5.92 Å². The first-order valence-electron chi connectivity index (χ1n) is 8.32. The first-order chi connectivity index (χ1) is 11.9. The Morgan fingerprint density at radius 3 is 2.52 bits per heavy atom. The lowest BCUT2D eigenvalue weighted by Gasteiger charge is -2.38. The minimum atomic E-state index is -4.67. The summed E-state index contributed by atoms with van der Waals surface area (Å²) < 4.78 is 41.6. The Balaban J connectivity index is 1.69. The van der Waals surface area contributed by atoms with E-state index in [9.17, 15) is 13.2 Å². The molecule has 0 spiro atoms. The molecule has 132 valence electrons. The summed E-state index contributed by atoms with van der Waals surface area (Å²) in [5, 5.41) is 4.21. The Bertz CT molecular complexity index is 775. The molecule has 1 N–H and O–H groups in total. The molecular weight excluding hydrogens is 351 g/mol. The zero-order chi connectivity index (χ0) is 17.6. The summed E-state index contributed by atoms with van der Waals surface area (Å²) in [4.78, 5) is 0. The number of hydrogen-bond donors (Lipinski definition) is 1. The maximum Gasteiger partial charge on any atom is 0.573 e. The van der Waals surface area contributed by atoms with E-state index in [1.54, 1.807) is 6.07 Å². The molecule has 0 aromatic heterocycles. The van der Waals surface area contributed by atoms with Gasteiger partial charge in [0.05, 0.1) is 6.04 Å². The van der Waals surface area contributed by atoms with Crippen LogP contribution in [0, 0.1) is 5.92 Å². The van der Waals surface area contributed by atoms with E-state index in [1.165, 1.54) is 12.1 Å². The maximum absolute atomic E-state index is 12.5. The monoisotopic (exact) mass is 367 g/mol. The number of nitrogens with one attached hydrogen (secondary N) is 1. The van der Waals surface area contributed by atoms with Crippen LogP contribution in [0.4, 0.5) is 18.9 Å². The molecule has 2 aromatic carbocycles. The quantitative estimate of drug-likeness (QED) is 0.673. The summed E-state index contributed by atoms with van der Waals surface area (Å²) in [7, 11) is 0. The van der Waals surface area contributed by atoms with Gasteiger partial charge in [-0.05, 0) is 66.1 Å². The van der Waals surface area contributed by atoms with Gasteiger partial charge in [-0.15, -0.1) is 13.2 Å². The van der Waals surface area contributed by atoms with E-state index in [-0.39, 0.29) is 17.7 Å². The molecule has 1 fully saturated rings. The highest BCUT2D eigenvalue weighted by atomic mass is 35.5. The second kappa shape index (κ2) is 6.13. The van der Waals surface area contributed by atoms with E-state index in [1.807, 2.05) is 24.3 Å². The molecule has 1 aliphatic heterocycles. The van der Waals surface area contributed by atoms with Gasteiger partial charge in [0.2, 0.25) is 0 Å². The van der Waals surface area contributed by atoms with Crippen molar-refractivity contribution in [3.05, 3.63) is 58.6 Å². The van der Waals surface area contributed by atoms with Gasteiger partial charge in [-0.3, -0.25) is 0 Å². The average Bonchev–Trinajstić information content (AvgIpc) is 3.03. The molecule has 1 saturated carbocycles. The topological polar surface area (TPSA) is 21.3 Å². The highest BCUT2D eigenvalue weighted by molar-refractivity contribution is 6.30. The van der Waals surface area contributed by atoms with E-state index in [2.05, 4.69) is 10.1 Å². The first kappa shape index (κ1) is 16.6. The van der Waals surface area contributed by atoms with Gasteiger partial charge in [-0.25, -0.2) is 0 Å². The Morgan fingerprint density at radius 2 is 1.80 bits per heavy atom. The lowest BCUT2D eigenvalue weighted by molar-refractivity contribution is -0.274. The van der Waals surface area contributed by atoms with Crippen molar-refractivity contribution >= 4 is 17.3 Å². The molecule has 2 nitrogen and oxygen atoms in total. The van der Waals surface area contributed by atoms with Gasteiger partial charge in [-0.1, -0.05) is 30.2 Å². The number of benzene rings is 2. The van der Waals surface area contributed by atoms with Crippen LogP contribution in [0.1, 0.15) is 42.3 Å². The number of ether oxygens (including phenoxy) is 1. The van der Waals surface area contributed by atoms with Crippen LogP contribution in [0.5, 0.6) is 5.75 Å². The molecular formula is C19H17ClF3NO. The van der Waals surface area contributed by atoms with Crippen LogP contribution in [0.2, 0.25) is 5.02 Å². The molecule has 0 amide bonds. The summed E-state index contributed by atoms with van der Waals surface area (Å²) >= 11 is 5.99. The fourth-order valence-electron chi connectivity index (χ4n) is 4.23. The smallest absolute Gasteiger partial charge is 0.406 e. The molecule has 0 radical (unpaired) electrons. The van der Waals surface area contributed by atoms with Crippen molar-refractivity contribution in [2.75, 3.05) is 5.32 Å². The van der Waals surface area contributed by atoms with Crippen molar-refractivity contribution in [3.8, 4) is 5.75 Å².